The van der Waals surface area contributed by atoms with E-state index in [4.69, 9.17) is 17.2 Å². The van der Waals surface area contributed by atoms with E-state index in [1.165, 1.54) is 23.5 Å². The molecule has 0 bridgehead atoms. The molecule has 2 rings (SSSR count). The predicted molar refractivity (Wildman–Crippen MR) is 92.8 cm³/mol. The molecule has 1 aromatic carbocycles. The number of anilines is 4. The van der Waals surface area contributed by atoms with E-state index in [1.54, 1.807) is 24.3 Å². The number of thioether (sulfide) groups is 2. The minimum Gasteiger partial charge on any atom is -0.397 e. The highest BCUT2D eigenvalue weighted by molar-refractivity contribution is 8.00. The van der Waals surface area contributed by atoms with Crippen molar-refractivity contribution in [3.8, 4) is 0 Å². The zero-order chi connectivity index (χ0) is 16.1. The zero-order valence-electron chi connectivity index (χ0n) is 11.9. The molecule has 7 N–H and O–H groups in total. The van der Waals surface area contributed by atoms with Crippen molar-refractivity contribution < 1.29 is 4.79 Å². The Balaban J connectivity index is 2.03. The number of nitrogens with two attached hydrogens (primary N) is 3. The molecule has 7 nitrogen and oxygen atoms in total. The Bertz CT molecular complexity index is 694. The molecule has 1 amide bonds. The number of carbonyl (C=O) groups is 1. The van der Waals surface area contributed by atoms with E-state index in [2.05, 4.69) is 15.3 Å². The molecule has 0 aliphatic rings. The van der Waals surface area contributed by atoms with Gasteiger partial charge in [-0.05, 0) is 18.4 Å². The van der Waals surface area contributed by atoms with Crippen LogP contribution in [0.4, 0.5) is 23.0 Å². The van der Waals surface area contributed by atoms with Crippen LogP contribution >= 0.6 is 23.5 Å². The number of nitrogens with one attached hydrogen (secondary N) is 1. The van der Waals surface area contributed by atoms with Crippen molar-refractivity contribution in [3.63, 3.8) is 0 Å². The average Bonchev–Trinajstić information content (AvgIpc) is 2.50. The summed E-state index contributed by atoms with van der Waals surface area (Å²) in [5.41, 5.74) is 18.9. The fourth-order valence-electron chi connectivity index (χ4n) is 1.64. The van der Waals surface area contributed by atoms with Crippen molar-refractivity contribution in [2.24, 2.45) is 0 Å². The SMILES string of the molecule is CSc1nc(N)nc(SCC(=O)Nc2ccccc2N)c1N. The van der Waals surface area contributed by atoms with Gasteiger partial charge < -0.3 is 22.5 Å². The van der Waals surface area contributed by atoms with Gasteiger partial charge in [-0.25, -0.2) is 9.97 Å². The maximum atomic E-state index is 12.0. The van der Waals surface area contributed by atoms with Crippen molar-refractivity contribution >= 4 is 52.4 Å². The number of amides is 1. The van der Waals surface area contributed by atoms with Crippen LogP contribution in [0.2, 0.25) is 0 Å². The lowest BCUT2D eigenvalue weighted by molar-refractivity contribution is -0.113. The third kappa shape index (κ3) is 3.95. The second-order valence-corrected chi connectivity index (χ2v) is 5.99. The first-order valence-electron chi connectivity index (χ1n) is 6.25. The lowest BCUT2D eigenvalue weighted by Crippen LogP contribution is -2.15. The van der Waals surface area contributed by atoms with Crippen LogP contribution in [0, 0.1) is 0 Å². The number of nitrogen functional groups attached to an aromatic ring is 3. The van der Waals surface area contributed by atoms with Gasteiger partial charge in [0.2, 0.25) is 11.9 Å². The van der Waals surface area contributed by atoms with Gasteiger partial charge in [-0.1, -0.05) is 23.9 Å². The van der Waals surface area contributed by atoms with E-state index in [0.717, 1.165) is 0 Å². The number of rotatable bonds is 5. The normalized spacial score (nSPS) is 10.4. The molecule has 1 aromatic heterocycles. The topological polar surface area (TPSA) is 133 Å². The van der Waals surface area contributed by atoms with Crippen LogP contribution in [-0.4, -0.2) is 27.9 Å². The summed E-state index contributed by atoms with van der Waals surface area (Å²) >= 11 is 2.58. The summed E-state index contributed by atoms with van der Waals surface area (Å²) in [4.78, 5) is 20.1. The van der Waals surface area contributed by atoms with Crippen molar-refractivity contribution in [2.75, 3.05) is 34.5 Å². The van der Waals surface area contributed by atoms with Crippen molar-refractivity contribution in [1.29, 1.82) is 0 Å². The van der Waals surface area contributed by atoms with E-state index in [9.17, 15) is 4.79 Å². The number of hydrogen-bond acceptors (Lipinski definition) is 8. The van der Waals surface area contributed by atoms with Gasteiger partial charge in [-0.2, -0.15) is 0 Å². The molecule has 22 heavy (non-hydrogen) atoms. The first-order valence-corrected chi connectivity index (χ1v) is 8.46. The number of carbonyl (C=O) groups excluding carboxylic acids is 1. The Kier molecular flexibility index (Phi) is 5.34. The van der Waals surface area contributed by atoms with Gasteiger partial charge in [0.15, 0.2) is 0 Å². The lowest BCUT2D eigenvalue weighted by atomic mass is 10.3. The van der Waals surface area contributed by atoms with Crippen LogP contribution in [0.1, 0.15) is 0 Å². The Morgan fingerprint density at radius 3 is 2.55 bits per heavy atom. The number of nitrogens with zero attached hydrogens (tertiary/aromatic N) is 2. The number of aromatic nitrogens is 2. The molecule has 0 aliphatic carbocycles. The van der Waals surface area contributed by atoms with Gasteiger partial charge in [0.05, 0.1) is 22.8 Å². The van der Waals surface area contributed by atoms with Crippen LogP contribution in [-0.2, 0) is 4.79 Å². The fraction of sp³-hybridized carbons (Fsp3) is 0.154. The van der Waals surface area contributed by atoms with Crippen LogP contribution in [0.15, 0.2) is 34.3 Å². The largest absolute Gasteiger partial charge is 0.397 e. The summed E-state index contributed by atoms with van der Waals surface area (Å²) in [6.07, 6.45) is 1.84. The summed E-state index contributed by atoms with van der Waals surface area (Å²) in [5, 5.41) is 3.83. The molecular weight excluding hydrogens is 320 g/mol. The van der Waals surface area contributed by atoms with Gasteiger partial charge in [0.1, 0.15) is 10.1 Å². The van der Waals surface area contributed by atoms with Crippen LogP contribution in [0.5, 0.6) is 0 Å². The van der Waals surface area contributed by atoms with Crippen molar-refractivity contribution in [3.05, 3.63) is 24.3 Å². The summed E-state index contributed by atoms with van der Waals surface area (Å²) in [5.74, 6) is 0.0713. The predicted octanol–water partition coefficient (Wildman–Crippen LogP) is 1.68. The van der Waals surface area contributed by atoms with Crippen LogP contribution in [0.25, 0.3) is 0 Å². The van der Waals surface area contributed by atoms with Crippen LogP contribution in [0.3, 0.4) is 0 Å². The van der Waals surface area contributed by atoms with Crippen molar-refractivity contribution in [2.45, 2.75) is 10.1 Å². The summed E-state index contributed by atoms with van der Waals surface area (Å²) in [6, 6.07) is 7.05. The highest BCUT2D eigenvalue weighted by atomic mass is 32.2. The smallest absolute Gasteiger partial charge is 0.234 e. The first kappa shape index (κ1) is 16.2. The third-order valence-electron chi connectivity index (χ3n) is 2.66. The Morgan fingerprint density at radius 2 is 1.86 bits per heavy atom. The first-order chi connectivity index (χ1) is 10.5. The van der Waals surface area contributed by atoms with Crippen LogP contribution < -0.4 is 22.5 Å². The second-order valence-electron chi connectivity index (χ2n) is 4.23. The molecule has 0 unspecified atom stereocenters. The maximum absolute atomic E-state index is 12.0. The molecule has 0 atom stereocenters. The highest BCUT2D eigenvalue weighted by Crippen LogP contribution is 2.30. The Labute approximate surface area is 136 Å². The molecule has 0 spiro atoms. The van der Waals surface area contributed by atoms with Gasteiger partial charge in [0, 0.05) is 0 Å². The molecule has 0 saturated carbocycles. The minimum atomic E-state index is -0.204. The molecule has 0 radical (unpaired) electrons. The Morgan fingerprint density at radius 1 is 1.18 bits per heavy atom. The van der Waals surface area contributed by atoms with E-state index in [0.29, 0.717) is 27.1 Å². The maximum Gasteiger partial charge on any atom is 0.234 e. The highest BCUT2D eigenvalue weighted by Gasteiger charge is 2.13. The number of benzene rings is 1. The number of para-hydroxylation sites is 2. The molecule has 9 heteroatoms. The Hall–Kier alpha value is -2.13. The second kappa shape index (κ2) is 7.23. The molecule has 116 valence electrons. The zero-order valence-corrected chi connectivity index (χ0v) is 13.5. The fourth-order valence-corrected chi connectivity index (χ4v) is 2.96. The van der Waals surface area contributed by atoms with Crippen molar-refractivity contribution in [1.82, 2.24) is 9.97 Å². The average molecular weight is 336 g/mol. The molecule has 2 aromatic rings. The number of hydrogen-bond donors (Lipinski definition) is 4. The van der Waals surface area contributed by atoms with Gasteiger partial charge in [-0.3, -0.25) is 4.79 Å². The summed E-state index contributed by atoms with van der Waals surface area (Å²) in [7, 11) is 0. The van der Waals surface area contributed by atoms with Gasteiger partial charge >= 0.3 is 0 Å². The molecular formula is C13H16N6OS2. The quantitative estimate of drug-likeness (QED) is 0.368. The van der Waals surface area contributed by atoms with E-state index < -0.39 is 0 Å². The summed E-state index contributed by atoms with van der Waals surface area (Å²) in [6.45, 7) is 0. The molecule has 0 aliphatic heterocycles. The third-order valence-corrected chi connectivity index (χ3v) is 4.35. The minimum absolute atomic E-state index is 0.133. The summed E-state index contributed by atoms with van der Waals surface area (Å²) < 4.78 is 0. The van der Waals surface area contributed by atoms with E-state index in [1.807, 2.05) is 6.26 Å². The lowest BCUT2D eigenvalue weighted by Gasteiger charge is -2.10. The van der Waals surface area contributed by atoms with Gasteiger partial charge in [0.25, 0.3) is 0 Å². The molecule has 1 heterocycles. The van der Waals surface area contributed by atoms with Gasteiger partial charge in [-0.15, -0.1) is 11.8 Å². The standard InChI is InChI=1S/C13H16N6OS2/c1-21-11-10(15)12(19-13(16)18-11)22-6-9(20)17-8-5-3-2-4-7(8)14/h2-5H,6,14-15H2,1H3,(H,17,20)(H2,16,18,19). The van der Waals surface area contributed by atoms with E-state index >= 15 is 0 Å². The monoisotopic (exact) mass is 336 g/mol. The molecule has 0 saturated heterocycles. The van der Waals surface area contributed by atoms with E-state index in [-0.39, 0.29) is 17.6 Å². The molecule has 0 fully saturated rings.